The van der Waals surface area contributed by atoms with E-state index in [9.17, 15) is 13.2 Å². The molecule has 0 radical (unpaired) electrons. The van der Waals surface area contributed by atoms with Gasteiger partial charge in [0.25, 0.3) is 0 Å². The van der Waals surface area contributed by atoms with Gasteiger partial charge in [0.1, 0.15) is 0 Å². The number of nitrogens with zero attached hydrogens (tertiary/aromatic N) is 2. The molecule has 1 aromatic heterocycles. The standard InChI is InChI=1S/C16H20N2O3S2/c1-2-8-18(15(19)10-12-7-9-23(20,21)11-12)16-17-13-5-3-4-6-14(13)22-16/h2,7,9,12H,1,3-6,8,10-11H2. The quantitative estimate of drug-likeness (QED) is 0.764. The summed E-state index contributed by atoms with van der Waals surface area (Å²) in [4.78, 5) is 20.2. The minimum Gasteiger partial charge on any atom is -0.284 e. The van der Waals surface area contributed by atoms with Crippen LogP contribution in [0, 0.1) is 5.92 Å². The van der Waals surface area contributed by atoms with E-state index in [4.69, 9.17) is 0 Å². The first kappa shape index (κ1) is 16.4. The van der Waals surface area contributed by atoms with E-state index in [-0.39, 0.29) is 24.0 Å². The summed E-state index contributed by atoms with van der Waals surface area (Å²) in [6.45, 7) is 4.12. The van der Waals surface area contributed by atoms with Gasteiger partial charge in [0.2, 0.25) is 5.91 Å². The molecule has 0 aromatic carbocycles. The molecule has 1 aromatic rings. The number of fused-ring (bicyclic) bond motifs is 1. The van der Waals surface area contributed by atoms with Gasteiger partial charge in [-0.25, -0.2) is 13.4 Å². The third-order valence-corrected chi connectivity index (χ3v) is 6.76. The number of carbonyl (C=O) groups is 1. The Hall–Kier alpha value is -1.47. The van der Waals surface area contributed by atoms with Crippen molar-refractivity contribution >= 4 is 32.2 Å². The molecule has 3 rings (SSSR count). The fourth-order valence-electron chi connectivity index (χ4n) is 2.97. The largest absolute Gasteiger partial charge is 0.284 e. The topological polar surface area (TPSA) is 67.3 Å². The summed E-state index contributed by atoms with van der Waals surface area (Å²) in [5, 5.41) is 1.93. The van der Waals surface area contributed by atoms with E-state index < -0.39 is 9.84 Å². The number of amides is 1. The lowest BCUT2D eigenvalue weighted by Crippen LogP contribution is -2.32. The third kappa shape index (κ3) is 3.72. The molecule has 0 bridgehead atoms. The lowest BCUT2D eigenvalue weighted by atomic mass is 10.0. The summed E-state index contributed by atoms with van der Waals surface area (Å²) < 4.78 is 23.0. The highest BCUT2D eigenvalue weighted by Crippen LogP contribution is 2.32. The Bertz CT molecular complexity index is 726. The third-order valence-electron chi connectivity index (χ3n) is 4.12. The number of hydrogen-bond donors (Lipinski definition) is 0. The molecule has 1 atom stereocenters. The number of allylic oxidation sites excluding steroid dienone is 1. The normalized spacial score (nSPS) is 21.8. The predicted octanol–water partition coefficient (Wildman–Crippen LogP) is 2.49. The van der Waals surface area contributed by atoms with Crippen LogP contribution in [0.3, 0.4) is 0 Å². The summed E-state index contributed by atoms with van der Waals surface area (Å²) in [5.41, 5.74) is 1.11. The summed E-state index contributed by atoms with van der Waals surface area (Å²) in [7, 11) is -3.13. The van der Waals surface area contributed by atoms with E-state index in [1.165, 1.54) is 16.7 Å². The van der Waals surface area contributed by atoms with Crippen LogP contribution in [0.5, 0.6) is 0 Å². The van der Waals surface area contributed by atoms with Crippen LogP contribution in [0.4, 0.5) is 5.13 Å². The molecule has 0 saturated carbocycles. The van der Waals surface area contributed by atoms with E-state index in [1.807, 2.05) is 0 Å². The minimum absolute atomic E-state index is 0.0229. The lowest BCUT2D eigenvalue weighted by Gasteiger charge is -2.19. The van der Waals surface area contributed by atoms with Crippen LogP contribution >= 0.6 is 11.3 Å². The average Bonchev–Trinajstić information content (AvgIpc) is 3.07. The first-order chi connectivity index (χ1) is 11.0. The molecule has 124 valence electrons. The highest BCUT2D eigenvalue weighted by molar-refractivity contribution is 7.94. The van der Waals surface area contributed by atoms with Crippen LogP contribution in [-0.2, 0) is 27.5 Å². The molecule has 0 saturated heterocycles. The second-order valence-electron chi connectivity index (χ2n) is 5.99. The van der Waals surface area contributed by atoms with Crippen LogP contribution in [0.25, 0.3) is 0 Å². The van der Waals surface area contributed by atoms with Crippen LogP contribution < -0.4 is 4.90 Å². The Morgan fingerprint density at radius 3 is 2.87 bits per heavy atom. The van der Waals surface area contributed by atoms with Crippen LogP contribution in [-0.4, -0.2) is 31.6 Å². The summed E-state index contributed by atoms with van der Waals surface area (Å²) >= 11 is 1.58. The van der Waals surface area contributed by atoms with Gasteiger partial charge in [-0.15, -0.1) is 17.9 Å². The number of carbonyl (C=O) groups excluding carboxylic acids is 1. The minimum atomic E-state index is -3.13. The number of aromatic nitrogens is 1. The van der Waals surface area contributed by atoms with Gasteiger partial charge in [0.05, 0.1) is 11.4 Å². The van der Waals surface area contributed by atoms with Crippen molar-refractivity contribution in [3.63, 3.8) is 0 Å². The van der Waals surface area contributed by atoms with Gasteiger partial charge in [-0.3, -0.25) is 9.69 Å². The monoisotopic (exact) mass is 352 g/mol. The summed E-state index contributed by atoms with van der Waals surface area (Å²) in [6.07, 6.45) is 7.82. The van der Waals surface area contributed by atoms with Gasteiger partial charge in [-0.1, -0.05) is 12.2 Å². The highest BCUT2D eigenvalue weighted by Gasteiger charge is 2.28. The molecule has 2 aliphatic rings. The number of thiazole rings is 1. The first-order valence-electron chi connectivity index (χ1n) is 7.79. The lowest BCUT2D eigenvalue weighted by molar-refractivity contribution is -0.119. The van der Waals surface area contributed by atoms with Crippen LogP contribution in [0.15, 0.2) is 24.1 Å². The molecular formula is C16H20N2O3S2. The van der Waals surface area contributed by atoms with Crippen molar-refractivity contribution in [2.75, 3.05) is 17.2 Å². The fraction of sp³-hybridized carbons (Fsp3) is 0.500. The summed E-state index contributed by atoms with van der Waals surface area (Å²) in [6, 6.07) is 0. The van der Waals surface area contributed by atoms with E-state index in [1.54, 1.807) is 28.4 Å². The van der Waals surface area contributed by atoms with Gasteiger partial charge < -0.3 is 0 Å². The zero-order valence-corrected chi connectivity index (χ0v) is 14.5. The van der Waals surface area contributed by atoms with E-state index in [0.29, 0.717) is 11.7 Å². The maximum atomic E-state index is 12.6. The van der Waals surface area contributed by atoms with Gasteiger partial charge in [-0.2, -0.15) is 0 Å². The Labute approximate surface area is 140 Å². The van der Waals surface area contributed by atoms with Crippen molar-refractivity contribution in [3.05, 3.63) is 34.7 Å². The van der Waals surface area contributed by atoms with Gasteiger partial charge >= 0.3 is 0 Å². The first-order valence-corrected chi connectivity index (χ1v) is 10.3. The Morgan fingerprint density at radius 1 is 1.43 bits per heavy atom. The molecule has 0 spiro atoms. The smallest absolute Gasteiger partial charge is 0.229 e. The average molecular weight is 352 g/mol. The van der Waals surface area contributed by atoms with Crippen molar-refractivity contribution in [2.24, 2.45) is 5.92 Å². The number of rotatable bonds is 5. The number of sulfone groups is 1. The SMILES string of the molecule is C=CCN(C(=O)CC1C=CS(=O)(=O)C1)c1nc2c(s1)CCCC2. The Kier molecular flexibility index (Phi) is 4.68. The van der Waals surface area contributed by atoms with Crippen molar-refractivity contribution < 1.29 is 13.2 Å². The molecule has 2 heterocycles. The van der Waals surface area contributed by atoms with Crippen LogP contribution in [0.2, 0.25) is 0 Å². The molecule has 1 aliphatic carbocycles. The maximum absolute atomic E-state index is 12.6. The Balaban J connectivity index is 1.75. The molecule has 0 N–H and O–H groups in total. The maximum Gasteiger partial charge on any atom is 0.229 e. The molecule has 0 fully saturated rings. The van der Waals surface area contributed by atoms with E-state index >= 15 is 0 Å². The molecule has 1 aliphatic heterocycles. The van der Waals surface area contributed by atoms with Crippen molar-refractivity contribution in [1.29, 1.82) is 0 Å². The number of hydrogen-bond acceptors (Lipinski definition) is 5. The fourth-order valence-corrected chi connectivity index (χ4v) is 5.54. The number of aryl methyl sites for hydroxylation is 2. The van der Waals surface area contributed by atoms with Crippen molar-refractivity contribution in [1.82, 2.24) is 4.98 Å². The summed E-state index contributed by atoms with van der Waals surface area (Å²) in [5.74, 6) is -0.313. The van der Waals surface area contributed by atoms with Gasteiger partial charge in [-0.05, 0) is 25.7 Å². The van der Waals surface area contributed by atoms with Gasteiger partial charge in [0, 0.05) is 29.2 Å². The van der Waals surface area contributed by atoms with Crippen LogP contribution in [0.1, 0.15) is 29.8 Å². The molecule has 5 nitrogen and oxygen atoms in total. The predicted molar refractivity (Wildman–Crippen MR) is 92.3 cm³/mol. The Morgan fingerprint density at radius 2 is 2.22 bits per heavy atom. The van der Waals surface area contributed by atoms with Crippen molar-refractivity contribution in [3.8, 4) is 0 Å². The van der Waals surface area contributed by atoms with E-state index in [2.05, 4.69) is 11.6 Å². The second-order valence-corrected chi connectivity index (χ2v) is 8.98. The molecular weight excluding hydrogens is 332 g/mol. The second kappa shape index (κ2) is 6.57. The number of anilines is 1. The molecule has 1 unspecified atom stereocenters. The zero-order chi connectivity index (χ0) is 16.4. The molecule has 1 amide bonds. The molecule has 7 heteroatoms. The van der Waals surface area contributed by atoms with Crippen molar-refractivity contribution in [2.45, 2.75) is 32.1 Å². The van der Waals surface area contributed by atoms with Gasteiger partial charge in [0.15, 0.2) is 15.0 Å². The highest BCUT2D eigenvalue weighted by atomic mass is 32.2. The molecule has 23 heavy (non-hydrogen) atoms. The zero-order valence-electron chi connectivity index (χ0n) is 12.9. The van der Waals surface area contributed by atoms with E-state index in [0.717, 1.165) is 25.0 Å².